The third kappa shape index (κ3) is 5.55. The molecule has 0 radical (unpaired) electrons. The maximum absolute atomic E-state index is 13.0. The van der Waals surface area contributed by atoms with Gasteiger partial charge in [0.1, 0.15) is 6.04 Å². The molecular formula is C21H24ClN3O5S. The van der Waals surface area contributed by atoms with Crippen molar-refractivity contribution >= 4 is 44.8 Å². The largest absolute Gasteiger partial charge is 0.378 e. The smallest absolute Gasteiger partial charge is 0.256 e. The van der Waals surface area contributed by atoms with Gasteiger partial charge in [-0.1, -0.05) is 23.7 Å². The minimum absolute atomic E-state index is 0.218. The number of carbonyl (C=O) groups is 2. The monoisotopic (exact) mass is 465 g/mol. The van der Waals surface area contributed by atoms with E-state index >= 15 is 0 Å². The molecule has 0 aromatic heterocycles. The van der Waals surface area contributed by atoms with E-state index in [0.29, 0.717) is 48.3 Å². The van der Waals surface area contributed by atoms with Crippen molar-refractivity contribution in [2.75, 3.05) is 42.2 Å². The molecule has 0 unspecified atom stereocenters. The number of benzene rings is 2. The van der Waals surface area contributed by atoms with Gasteiger partial charge in [-0.15, -0.1) is 0 Å². The summed E-state index contributed by atoms with van der Waals surface area (Å²) in [5.41, 5.74) is 0.968. The van der Waals surface area contributed by atoms with Gasteiger partial charge in [0, 0.05) is 18.1 Å². The molecule has 0 bridgehead atoms. The van der Waals surface area contributed by atoms with Gasteiger partial charge in [0.05, 0.1) is 36.4 Å². The molecule has 1 aliphatic rings. The second-order valence-electron chi connectivity index (χ2n) is 7.15. The lowest BCUT2D eigenvalue weighted by Gasteiger charge is -2.29. The number of nitrogens with zero attached hydrogens (tertiary/aromatic N) is 2. The zero-order chi connectivity index (χ0) is 22.6. The number of hydrogen-bond acceptors (Lipinski definition) is 5. The second-order valence-corrected chi connectivity index (χ2v) is 9.45. The Bertz CT molecular complexity index is 1050. The number of rotatable bonds is 6. The van der Waals surface area contributed by atoms with Crippen molar-refractivity contribution in [3.63, 3.8) is 0 Å². The van der Waals surface area contributed by atoms with Gasteiger partial charge in [-0.05, 0) is 43.3 Å². The fraction of sp³-hybridized carbons (Fsp3) is 0.333. The van der Waals surface area contributed by atoms with Gasteiger partial charge >= 0.3 is 0 Å². The first-order chi connectivity index (χ1) is 14.7. The molecule has 31 heavy (non-hydrogen) atoms. The normalized spacial score (nSPS) is 15.3. The third-order valence-electron chi connectivity index (χ3n) is 4.88. The number of para-hydroxylation sites is 1. The topological polar surface area (TPSA) is 96.0 Å². The quantitative estimate of drug-likeness (QED) is 0.707. The van der Waals surface area contributed by atoms with Crippen molar-refractivity contribution in [3.8, 4) is 0 Å². The van der Waals surface area contributed by atoms with Gasteiger partial charge < -0.3 is 15.0 Å². The van der Waals surface area contributed by atoms with E-state index in [1.54, 1.807) is 41.3 Å². The van der Waals surface area contributed by atoms with E-state index in [1.165, 1.54) is 19.1 Å². The first kappa shape index (κ1) is 23.1. The van der Waals surface area contributed by atoms with Gasteiger partial charge in [-0.2, -0.15) is 0 Å². The molecule has 8 nitrogen and oxygen atoms in total. The second kappa shape index (κ2) is 9.67. The van der Waals surface area contributed by atoms with Crippen LogP contribution >= 0.6 is 11.6 Å². The molecule has 1 aliphatic heterocycles. The molecule has 2 amide bonds. The predicted octanol–water partition coefficient (Wildman–Crippen LogP) is 2.61. The standard InChI is InChI=1S/C21H24ClN3O5S/c1-15(25(31(2,28)29)17-9-7-16(22)8-10-17)20(26)23-19-6-4-3-5-18(19)21(27)24-11-13-30-14-12-24/h3-10,15H,11-14H2,1-2H3,(H,23,26)/t15-/m1/s1. The van der Waals surface area contributed by atoms with Crippen molar-refractivity contribution in [2.24, 2.45) is 0 Å². The lowest BCUT2D eigenvalue weighted by molar-refractivity contribution is -0.116. The van der Waals surface area contributed by atoms with Crippen LogP contribution in [0.15, 0.2) is 48.5 Å². The molecule has 1 atom stereocenters. The molecule has 1 fully saturated rings. The summed E-state index contributed by atoms with van der Waals surface area (Å²) in [6.07, 6.45) is 1.03. The Kier molecular flexibility index (Phi) is 7.19. The number of amides is 2. The summed E-state index contributed by atoms with van der Waals surface area (Å²) >= 11 is 5.90. The third-order valence-corrected chi connectivity index (χ3v) is 6.38. The number of ether oxygens (including phenoxy) is 1. The van der Waals surface area contributed by atoms with E-state index in [9.17, 15) is 18.0 Å². The number of halogens is 1. The van der Waals surface area contributed by atoms with Crippen LogP contribution in [0.1, 0.15) is 17.3 Å². The van der Waals surface area contributed by atoms with Crippen LogP contribution in [-0.4, -0.2) is 63.7 Å². The van der Waals surface area contributed by atoms with E-state index in [0.717, 1.165) is 10.6 Å². The Hall–Kier alpha value is -2.62. The van der Waals surface area contributed by atoms with Crippen LogP contribution in [-0.2, 0) is 19.6 Å². The molecule has 2 aromatic rings. The molecule has 10 heteroatoms. The Morgan fingerprint density at radius 1 is 1.10 bits per heavy atom. The van der Waals surface area contributed by atoms with Gasteiger partial charge in [0.15, 0.2) is 0 Å². The van der Waals surface area contributed by atoms with Crippen molar-refractivity contribution in [1.82, 2.24) is 4.90 Å². The fourth-order valence-corrected chi connectivity index (χ4v) is 4.65. The number of anilines is 2. The van der Waals surface area contributed by atoms with Crippen LogP contribution < -0.4 is 9.62 Å². The molecule has 166 valence electrons. The van der Waals surface area contributed by atoms with E-state index in [4.69, 9.17) is 16.3 Å². The van der Waals surface area contributed by atoms with Crippen LogP contribution in [0.4, 0.5) is 11.4 Å². The Labute approximate surface area is 186 Å². The summed E-state index contributed by atoms with van der Waals surface area (Å²) in [4.78, 5) is 27.6. The number of nitrogens with one attached hydrogen (secondary N) is 1. The Morgan fingerprint density at radius 2 is 1.71 bits per heavy atom. The molecule has 2 aromatic carbocycles. The molecule has 1 saturated heterocycles. The van der Waals surface area contributed by atoms with Gasteiger partial charge in [0.2, 0.25) is 15.9 Å². The predicted molar refractivity (Wildman–Crippen MR) is 120 cm³/mol. The van der Waals surface area contributed by atoms with Crippen molar-refractivity contribution in [2.45, 2.75) is 13.0 Å². The van der Waals surface area contributed by atoms with Gasteiger partial charge in [0.25, 0.3) is 5.91 Å². The lowest BCUT2D eigenvalue weighted by Crippen LogP contribution is -2.45. The minimum Gasteiger partial charge on any atom is -0.378 e. The molecule has 0 spiro atoms. The molecule has 1 heterocycles. The maximum atomic E-state index is 13.0. The lowest BCUT2D eigenvalue weighted by atomic mass is 10.1. The van der Waals surface area contributed by atoms with Crippen molar-refractivity contribution < 1.29 is 22.7 Å². The Balaban J connectivity index is 1.84. The summed E-state index contributed by atoms with van der Waals surface area (Å²) in [6, 6.07) is 11.8. The minimum atomic E-state index is -3.77. The Morgan fingerprint density at radius 3 is 2.32 bits per heavy atom. The highest BCUT2D eigenvalue weighted by Crippen LogP contribution is 2.24. The van der Waals surface area contributed by atoms with Gasteiger partial charge in [-0.25, -0.2) is 8.42 Å². The average Bonchev–Trinajstić information content (AvgIpc) is 2.75. The first-order valence-electron chi connectivity index (χ1n) is 9.70. The first-order valence-corrected chi connectivity index (χ1v) is 11.9. The molecule has 0 saturated carbocycles. The number of hydrogen-bond donors (Lipinski definition) is 1. The van der Waals surface area contributed by atoms with E-state index in [1.807, 2.05) is 0 Å². The van der Waals surface area contributed by atoms with E-state index in [2.05, 4.69) is 5.32 Å². The van der Waals surface area contributed by atoms with Crippen LogP contribution in [0.25, 0.3) is 0 Å². The van der Waals surface area contributed by atoms with Gasteiger partial charge in [-0.3, -0.25) is 13.9 Å². The molecule has 1 N–H and O–H groups in total. The van der Waals surface area contributed by atoms with Crippen LogP contribution in [0.3, 0.4) is 0 Å². The van der Waals surface area contributed by atoms with E-state index < -0.39 is 22.0 Å². The molecular weight excluding hydrogens is 442 g/mol. The van der Waals surface area contributed by atoms with E-state index in [-0.39, 0.29) is 5.91 Å². The number of carbonyl (C=O) groups excluding carboxylic acids is 2. The summed E-state index contributed by atoms with van der Waals surface area (Å²) < 4.78 is 31.2. The maximum Gasteiger partial charge on any atom is 0.256 e. The summed E-state index contributed by atoms with van der Waals surface area (Å²) in [5, 5.41) is 3.16. The summed E-state index contributed by atoms with van der Waals surface area (Å²) in [5.74, 6) is -0.785. The highest BCUT2D eigenvalue weighted by molar-refractivity contribution is 7.92. The number of sulfonamides is 1. The highest BCUT2D eigenvalue weighted by atomic mass is 35.5. The highest BCUT2D eigenvalue weighted by Gasteiger charge is 2.30. The summed E-state index contributed by atoms with van der Waals surface area (Å²) in [7, 11) is -3.77. The van der Waals surface area contributed by atoms with Crippen LogP contribution in [0, 0.1) is 0 Å². The van der Waals surface area contributed by atoms with Crippen molar-refractivity contribution in [3.05, 3.63) is 59.1 Å². The fourth-order valence-electron chi connectivity index (χ4n) is 3.35. The average molecular weight is 466 g/mol. The number of morpholine rings is 1. The summed E-state index contributed by atoms with van der Waals surface area (Å²) in [6.45, 7) is 3.34. The zero-order valence-corrected chi connectivity index (χ0v) is 18.8. The van der Waals surface area contributed by atoms with Crippen LogP contribution in [0.2, 0.25) is 5.02 Å². The van der Waals surface area contributed by atoms with Crippen molar-refractivity contribution in [1.29, 1.82) is 0 Å². The molecule has 3 rings (SSSR count). The molecule has 0 aliphatic carbocycles. The zero-order valence-electron chi connectivity index (χ0n) is 17.2. The van der Waals surface area contributed by atoms with Crippen LogP contribution in [0.5, 0.6) is 0 Å². The SMILES string of the molecule is C[C@H](C(=O)Nc1ccccc1C(=O)N1CCOCC1)N(c1ccc(Cl)cc1)S(C)(=O)=O.